The van der Waals surface area contributed by atoms with Gasteiger partial charge in [-0.1, -0.05) is 43.8 Å². The Kier molecular flexibility index (Phi) is 9.05. The summed E-state index contributed by atoms with van der Waals surface area (Å²) in [6.45, 7) is 7.60. The first kappa shape index (κ1) is 30.9. The normalized spacial score (nSPS) is 20.6. The molecule has 1 aromatic carbocycles. The van der Waals surface area contributed by atoms with Crippen LogP contribution in [0.3, 0.4) is 0 Å². The van der Waals surface area contributed by atoms with Crippen LogP contribution in [0.2, 0.25) is 0 Å². The highest BCUT2D eigenvalue weighted by atomic mass is 32.3. The van der Waals surface area contributed by atoms with Crippen LogP contribution in [0.4, 0.5) is 0 Å². The van der Waals surface area contributed by atoms with E-state index in [9.17, 15) is 31.2 Å². The smallest absolute Gasteiger partial charge is 0.349 e. The van der Waals surface area contributed by atoms with E-state index in [0.717, 1.165) is 0 Å². The van der Waals surface area contributed by atoms with Crippen LogP contribution in [0.15, 0.2) is 44.4 Å². The maximum Gasteiger partial charge on any atom is 0.349 e. The number of likely N-dealkylation sites (N-methyl/N-ethyl adjacent to an activating group) is 1. The highest BCUT2D eigenvalue weighted by molar-refractivity contribution is 8.27. The van der Waals surface area contributed by atoms with Crippen molar-refractivity contribution < 1.29 is 40.7 Å². The third kappa shape index (κ3) is 6.73. The molecule has 0 aliphatic carbocycles. The van der Waals surface area contributed by atoms with Crippen LogP contribution in [0.5, 0.6) is 5.75 Å². The first-order valence-corrected chi connectivity index (χ1v) is 16.0. The summed E-state index contributed by atoms with van der Waals surface area (Å²) in [5, 5.41) is 4.60. The number of rotatable bonds is 9. The molecule has 3 rings (SSSR count). The van der Waals surface area contributed by atoms with Crippen molar-refractivity contribution in [1.82, 2.24) is 4.90 Å². The van der Waals surface area contributed by atoms with Gasteiger partial charge < -0.3 is 14.4 Å². The molecule has 0 saturated heterocycles. The highest BCUT2D eigenvalue weighted by Gasteiger charge is 2.45. The minimum Gasteiger partial charge on any atom is -0.454 e. The maximum absolute atomic E-state index is 13.7. The average Bonchev–Trinajstić information content (AvgIpc) is 3.06. The summed E-state index contributed by atoms with van der Waals surface area (Å²) in [6.07, 6.45) is 1.43. The van der Waals surface area contributed by atoms with Crippen molar-refractivity contribution in [2.75, 3.05) is 13.2 Å². The Morgan fingerprint density at radius 1 is 1.21 bits per heavy atom. The minimum atomic E-state index is -4.23. The van der Waals surface area contributed by atoms with E-state index in [1.807, 2.05) is 0 Å². The number of hydrogen-bond acceptors (Lipinski definition) is 10. The van der Waals surface area contributed by atoms with E-state index in [-0.39, 0.29) is 39.5 Å². The van der Waals surface area contributed by atoms with Gasteiger partial charge in [-0.25, -0.2) is 26.8 Å². The van der Waals surface area contributed by atoms with E-state index in [0.29, 0.717) is 22.9 Å². The second kappa shape index (κ2) is 11.4. The molecule has 0 saturated carbocycles. The van der Waals surface area contributed by atoms with Crippen molar-refractivity contribution in [3.05, 3.63) is 50.0 Å². The van der Waals surface area contributed by atoms with Gasteiger partial charge in [0.2, 0.25) is 15.9 Å². The Bertz CT molecular complexity index is 1460. The second-order valence-corrected chi connectivity index (χ2v) is 15.3. The lowest BCUT2D eigenvalue weighted by Gasteiger charge is -2.35. The number of esters is 2. The summed E-state index contributed by atoms with van der Waals surface area (Å²) >= 11 is 0.608. The summed E-state index contributed by atoms with van der Waals surface area (Å²) in [7, 11) is -7.99. The number of para-hydroxylation sites is 1. The van der Waals surface area contributed by atoms with Gasteiger partial charge in [0.1, 0.15) is 14.2 Å². The fraction of sp³-hybridized carbons (Fsp3) is 0.480. The number of primary sulfonamides is 1. The Balaban J connectivity index is 1.93. The topological polar surface area (TPSA) is 167 Å². The van der Waals surface area contributed by atoms with Gasteiger partial charge in [-0.3, -0.25) is 9.59 Å². The van der Waals surface area contributed by atoms with Crippen molar-refractivity contribution >= 4 is 49.5 Å². The summed E-state index contributed by atoms with van der Waals surface area (Å²) in [4.78, 5) is 38.4. The maximum atomic E-state index is 13.7. The summed E-state index contributed by atoms with van der Waals surface area (Å²) < 4.78 is 60.0. The molecule has 0 radical (unpaired) electrons. The molecule has 1 aromatic rings. The van der Waals surface area contributed by atoms with E-state index >= 15 is 0 Å². The molecular weight excluding hydrogens is 568 g/mol. The molecule has 2 atom stereocenters. The third-order valence-corrected chi connectivity index (χ3v) is 11.9. The van der Waals surface area contributed by atoms with Gasteiger partial charge in [0.25, 0.3) is 0 Å². The molecule has 14 heteroatoms. The minimum absolute atomic E-state index is 0.0675. The van der Waals surface area contributed by atoms with Crippen molar-refractivity contribution in [2.24, 2.45) is 5.14 Å². The van der Waals surface area contributed by atoms with Crippen LogP contribution in [0.1, 0.15) is 53.0 Å². The Hall–Kier alpha value is -2.68. The number of hydrogen-bond donors (Lipinski definition) is 1. The lowest BCUT2D eigenvalue weighted by Crippen LogP contribution is -2.43. The molecule has 1 amide bonds. The Labute approximate surface area is 232 Å². The first-order chi connectivity index (χ1) is 18.0. The van der Waals surface area contributed by atoms with E-state index in [2.05, 4.69) is 4.74 Å². The van der Waals surface area contributed by atoms with Crippen LogP contribution in [0.25, 0.3) is 0 Å². The van der Waals surface area contributed by atoms with Crippen molar-refractivity contribution in [2.45, 2.75) is 64.2 Å². The number of amides is 1. The van der Waals surface area contributed by atoms with Gasteiger partial charge in [-0.05, 0) is 38.0 Å². The molecule has 11 nitrogen and oxygen atoms in total. The molecule has 2 aliphatic heterocycles. The number of sulfone groups is 1. The number of sulfonamides is 1. The summed E-state index contributed by atoms with van der Waals surface area (Å²) in [5.41, 5.74) is 0.139. The molecular formula is C25H32N2O9S3. The van der Waals surface area contributed by atoms with Gasteiger partial charge in [0, 0.05) is 30.9 Å². The first-order valence-electron chi connectivity index (χ1n) is 12.1. The molecule has 2 N–H and O–H groups in total. The van der Waals surface area contributed by atoms with Crippen LogP contribution in [-0.4, -0.2) is 64.0 Å². The van der Waals surface area contributed by atoms with Crippen molar-refractivity contribution in [3.63, 3.8) is 0 Å². The van der Waals surface area contributed by atoms with E-state index < -0.39 is 55.1 Å². The fourth-order valence-corrected chi connectivity index (χ4v) is 9.02. The lowest BCUT2D eigenvalue weighted by molar-refractivity contribution is -0.152. The summed E-state index contributed by atoms with van der Waals surface area (Å²) in [5.74, 6) is -1.59. The van der Waals surface area contributed by atoms with Crippen LogP contribution < -0.4 is 9.88 Å². The number of thioether (sulfide) groups is 1. The molecule has 39 heavy (non-hydrogen) atoms. The molecule has 214 valence electrons. The predicted octanol–water partition coefficient (Wildman–Crippen LogP) is 2.34. The molecule has 0 spiro atoms. The number of nitrogens with two attached hydrogens (primary N) is 1. The third-order valence-electron chi connectivity index (χ3n) is 6.51. The standard InChI is InChI=1S/C25H32N2O9S3/c1-6-27(19-12-23(39(26,33)34)37-24-17(19)11-15(2)38(24,31)32)21(29)13-25(4,5)18-9-7-8-10-20(18)36-22(30)14-35-16(3)28/h7-10,12,15,19H,6,11,13-14H2,1-5H3,(H2,26,33,34)/t15-,19-/m0/s1. The van der Waals surface area contributed by atoms with Gasteiger partial charge >= 0.3 is 11.9 Å². The monoisotopic (exact) mass is 600 g/mol. The van der Waals surface area contributed by atoms with Gasteiger partial charge in [-0.15, -0.1) is 0 Å². The van der Waals surface area contributed by atoms with Gasteiger partial charge in [0.15, 0.2) is 16.4 Å². The zero-order valence-corrected chi connectivity index (χ0v) is 24.7. The van der Waals surface area contributed by atoms with E-state index in [1.165, 1.54) is 17.9 Å². The molecule has 2 aliphatic rings. The zero-order valence-electron chi connectivity index (χ0n) is 22.3. The van der Waals surface area contributed by atoms with Crippen LogP contribution in [0, 0.1) is 0 Å². The highest BCUT2D eigenvalue weighted by Crippen LogP contribution is 2.49. The van der Waals surface area contributed by atoms with Gasteiger partial charge in [0.05, 0.1) is 11.3 Å². The second-order valence-electron chi connectivity index (χ2n) is 9.94. The summed E-state index contributed by atoms with van der Waals surface area (Å²) in [6, 6.07) is 5.75. The fourth-order valence-electron chi connectivity index (χ4n) is 4.55. The Morgan fingerprint density at radius 2 is 1.85 bits per heavy atom. The van der Waals surface area contributed by atoms with Gasteiger partial charge in [-0.2, -0.15) is 0 Å². The SMILES string of the molecule is CCN(C(=O)CC(C)(C)c1ccccc1OC(=O)COC(C)=O)[C@H]1C=C(S(N)(=O)=O)SC2=C1C[C@H](C)S2(=O)=O. The Morgan fingerprint density at radius 3 is 2.44 bits per heavy atom. The number of carbonyl (C=O) groups excluding carboxylic acids is 3. The average molecular weight is 601 g/mol. The number of benzene rings is 1. The zero-order chi connectivity index (χ0) is 29.3. The molecule has 0 bridgehead atoms. The van der Waals surface area contributed by atoms with E-state index in [4.69, 9.17) is 9.88 Å². The molecule has 2 heterocycles. The lowest BCUT2D eigenvalue weighted by atomic mass is 9.80. The quantitative estimate of drug-likeness (QED) is 0.328. The molecule has 0 unspecified atom stereocenters. The number of carbonyl (C=O) groups is 3. The molecule has 0 fully saturated rings. The van der Waals surface area contributed by atoms with Crippen molar-refractivity contribution in [3.8, 4) is 5.75 Å². The van der Waals surface area contributed by atoms with Crippen molar-refractivity contribution in [1.29, 1.82) is 0 Å². The van der Waals surface area contributed by atoms with E-state index in [1.54, 1.807) is 52.0 Å². The van der Waals surface area contributed by atoms with Crippen LogP contribution in [-0.2, 0) is 44.4 Å². The molecule has 0 aromatic heterocycles. The number of ether oxygens (including phenoxy) is 2. The van der Waals surface area contributed by atoms with Crippen LogP contribution >= 0.6 is 11.8 Å². The predicted molar refractivity (Wildman–Crippen MR) is 146 cm³/mol. The number of nitrogens with zero attached hydrogens (tertiary/aromatic N) is 1. The largest absolute Gasteiger partial charge is 0.454 e.